The fourth-order valence-corrected chi connectivity index (χ4v) is 1.03. The van der Waals surface area contributed by atoms with Crippen molar-refractivity contribution in [2.24, 2.45) is 0 Å². The standard InChI is InChI=1S/C10H10N2O2/c1-2-14-9-5-3-4-8(6-9)10(13)7-12-11/h3-7H,2H2,1H3. The fourth-order valence-electron chi connectivity index (χ4n) is 1.03. The van der Waals surface area contributed by atoms with E-state index in [0.29, 0.717) is 17.9 Å². The molecular weight excluding hydrogens is 180 g/mol. The maximum Gasteiger partial charge on any atom is 0.328 e. The average molecular weight is 190 g/mol. The molecule has 0 fully saturated rings. The summed E-state index contributed by atoms with van der Waals surface area (Å²) < 4.78 is 5.22. The average Bonchev–Trinajstić information content (AvgIpc) is 2.19. The van der Waals surface area contributed by atoms with Gasteiger partial charge in [0.15, 0.2) is 0 Å². The lowest BCUT2D eigenvalue weighted by Crippen LogP contribution is -2.01. The molecule has 0 saturated carbocycles. The third kappa shape index (κ3) is 2.54. The minimum absolute atomic E-state index is 0.353. The van der Waals surface area contributed by atoms with Gasteiger partial charge in [-0.05, 0) is 19.1 Å². The van der Waals surface area contributed by atoms with Gasteiger partial charge in [0.05, 0.1) is 6.61 Å². The second-order valence-electron chi connectivity index (χ2n) is 2.57. The molecule has 72 valence electrons. The predicted octanol–water partition coefficient (Wildman–Crippen LogP) is 1.57. The molecule has 0 unspecified atom stereocenters. The Hall–Kier alpha value is -1.93. The van der Waals surface area contributed by atoms with Gasteiger partial charge in [-0.2, -0.15) is 4.79 Å². The zero-order chi connectivity index (χ0) is 10.4. The molecule has 1 aromatic carbocycles. The van der Waals surface area contributed by atoms with Crippen LogP contribution in [0.2, 0.25) is 0 Å². The Morgan fingerprint density at radius 3 is 3.07 bits per heavy atom. The van der Waals surface area contributed by atoms with Crippen LogP contribution in [0.3, 0.4) is 0 Å². The largest absolute Gasteiger partial charge is 0.494 e. The van der Waals surface area contributed by atoms with E-state index in [4.69, 9.17) is 10.3 Å². The van der Waals surface area contributed by atoms with Crippen molar-refractivity contribution in [3.63, 3.8) is 0 Å². The smallest absolute Gasteiger partial charge is 0.328 e. The van der Waals surface area contributed by atoms with Crippen molar-refractivity contribution in [3.8, 4) is 5.75 Å². The van der Waals surface area contributed by atoms with Gasteiger partial charge < -0.3 is 10.3 Å². The Labute approximate surface area is 81.7 Å². The van der Waals surface area contributed by atoms with Gasteiger partial charge in [-0.3, -0.25) is 4.79 Å². The molecule has 0 atom stereocenters. The predicted molar refractivity (Wildman–Crippen MR) is 51.6 cm³/mol. The van der Waals surface area contributed by atoms with Crippen molar-refractivity contribution in [3.05, 3.63) is 35.4 Å². The summed E-state index contributed by atoms with van der Waals surface area (Å²) in [7, 11) is 0. The summed E-state index contributed by atoms with van der Waals surface area (Å²) in [4.78, 5) is 13.9. The number of Topliss-reactive ketones (excluding diaryl/α,β-unsaturated/α-hetero) is 1. The molecule has 0 aliphatic heterocycles. The normalized spacial score (nSPS) is 8.93. The molecule has 1 aromatic rings. The molecule has 0 spiro atoms. The number of rotatable bonds is 4. The Kier molecular flexibility index (Phi) is 3.58. The Bertz CT molecular complexity index is 381. The first kappa shape index (κ1) is 10.2. The van der Waals surface area contributed by atoms with Crippen LogP contribution in [0.25, 0.3) is 5.53 Å². The molecular formula is C10H10N2O2. The van der Waals surface area contributed by atoms with Crippen LogP contribution in [-0.2, 0) is 0 Å². The number of nitrogens with zero attached hydrogens (tertiary/aromatic N) is 2. The number of carbonyl (C=O) groups excluding carboxylic acids is 1. The summed E-state index contributed by atoms with van der Waals surface area (Å²) in [6, 6.07) is 6.71. The van der Waals surface area contributed by atoms with Crippen LogP contribution < -0.4 is 4.74 Å². The van der Waals surface area contributed by atoms with Crippen molar-refractivity contribution in [1.29, 1.82) is 0 Å². The van der Waals surface area contributed by atoms with Crippen LogP contribution >= 0.6 is 0 Å². The molecule has 0 N–H and O–H groups in total. The lowest BCUT2D eigenvalue weighted by Gasteiger charge is -2.02. The van der Waals surface area contributed by atoms with Crippen LogP contribution in [0, 0.1) is 0 Å². The summed E-state index contributed by atoms with van der Waals surface area (Å²) >= 11 is 0. The van der Waals surface area contributed by atoms with Crippen LogP contribution in [0.5, 0.6) is 5.75 Å². The minimum Gasteiger partial charge on any atom is -0.494 e. The van der Waals surface area contributed by atoms with Gasteiger partial charge in [-0.15, -0.1) is 0 Å². The van der Waals surface area contributed by atoms with Gasteiger partial charge in [-0.25, -0.2) is 0 Å². The van der Waals surface area contributed by atoms with Crippen molar-refractivity contribution < 1.29 is 14.3 Å². The van der Waals surface area contributed by atoms with Gasteiger partial charge in [0.25, 0.3) is 5.78 Å². The molecule has 0 bridgehead atoms. The lowest BCUT2D eigenvalue weighted by atomic mass is 10.1. The molecule has 0 aliphatic rings. The van der Waals surface area contributed by atoms with Gasteiger partial charge in [0.2, 0.25) is 0 Å². The van der Waals surface area contributed by atoms with E-state index in [-0.39, 0.29) is 5.78 Å². The molecule has 1 rings (SSSR count). The van der Waals surface area contributed by atoms with E-state index in [1.54, 1.807) is 24.3 Å². The fraction of sp³-hybridized carbons (Fsp3) is 0.200. The van der Waals surface area contributed by atoms with E-state index in [1.807, 2.05) is 6.92 Å². The first-order valence-corrected chi connectivity index (χ1v) is 4.22. The number of ketones is 1. The monoisotopic (exact) mass is 190 g/mol. The van der Waals surface area contributed by atoms with Gasteiger partial charge in [-0.1, -0.05) is 12.1 Å². The van der Waals surface area contributed by atoms with Crippen LogP contribution in [0.4, 0.5) is 0 Å². The summed E-state index contributed by atoms with van der Waals surface area (Å²) in [6.45, 7) is 2.41. The molecule has 4 nitrogen and oxygen atoms in total. The highest BCUT2D eigenvalue weighted by molar-refractivity contribution is 6.33. The SMILES string of the molecule is CCOc1cccc(C(=O)C=[N+]=[N-])c1. The van der Waals surface area contributed by atoms with Gasteiger partial charge in [0.1, 0.15) is 5.75 Å². The quantitative estimate of drug-likeness (QED) is 0.313. The topological polar surface area (TPSA) is 62.7 Å². The third-order valence-corrected chi connectivity index (χ3v) is 1.60. The molecule has 14 heavy (non-hydrogen) atoms. The van der Waals surface area contributed by atoms with Crippen molar-refractivity contribution in [2.75, 3.05) is 6.61 Å². The van der Waals surface area contributed by atoms with Crippen LogP contribution in [-0.4, -0.2) is 23.4 Å². The lowest BCUT2D eigenvalue weighted by molar-refractivity contribution is 0.00235. The van der Waals surface area contributed by atoms with E-state index >= 15 is 0 Å². The molecule has 0 saturated heterocycles. The van der Waals surface area contributed by atoms with E-state index in [1.165, 1.54) is 0 Å². The van der Waals surface area contributed by atoms with E-state index in [9.17, 15) is 4.79 Å². The number of carbonyl (C=O) groups is 1. The third-order valence-electron chi connectivity index (χ3n) is 1.60. The zero-order valence-electron chi connectivity index (χ0n) is 7.80. The second-order valence-corrected chi connectivity index (χ2v) is 2.57. The zero-order valence-corrected chi connectivity index (χ0v) is 7.80. The van der Waals surface area contributed by atoms with E-state index in [2.05, 4.69) is 4.79 Å². The number of hydrogen-bond donors (Lipinski definition) is 0. The molecule has 0 aromatic heterocycles. The maximum atomic E-state index is 11.2. The molecule has 0 heterocycles. The highest BCUT2D eigenvalue weighted by atomic mass is 16.5. The van der Waals surface area contributed by atoms with Gasteiger partial charge in [0, 0.05) is 5.56 Å². The summed E-state index contributed by atoms with van der Waals surface area (Å²) in [5.41, 5.74) is 8.63. The number of benzene rings is 1. The summed E-state index contributed by atoms with van der Waals surface area (Å²) in [6.07, 6.45) is 0.852. The van der Waals surface area contributed by atoms with Crippen molar-refractivity contribution in [1.82, 2.24) is 0 Å². The van der Waals surface area contributed by atoms with Crippen LogP contribution in [0.15, 0.2) is 24.3 Å². The van der Waals surface area contributed by atoms with Gasteiger partial charge >= 0.3 is 6.21 Å². The van der Waals surface area contributed by atoms with Crippen LogP contribution in [0.1, 0.15) is 17.3 Å². The summed E-state index contributed by atoms with van der Waals surface area (Å²) in [5.74, 6) is 0.277. The molecule has 0 amide bonds. The molecule has 0 aliphatic carbocycles. The summed E-state index contributed by atoms with van der Waals surface area (Å²) in [5, 5.41) is 0. The van der Waals surface area contributed by atoms with E-state index in [0.717, 1.165) is 6.21 Å². The van der Waals surface area contributed by atoms with E-state index < -0.39 is 0 Å². The van der Waals surface area contributed by atoms with Crippen molar-refractivity contribution >= 4 is 12.0 Å². The second kappa shape index (κ2) is 4.94. The highest BCUT2D eigenvalue weighted by Gasteiger charge is 2.07. The Balaban J connectivity index is 2.93. The Morgan fingerprint density at radius 1 is 1.64 bits per heavy atom. The molecule has 4 heteroatoms. The first-order valence-electron chi connectivity index (χ1n) is 4.22. The Morgan fingerprint density at radius 2 is 2.43 bits per heavy atom. The highest BCUT2D eigenvalue weighted by Crippen LogP contribution is 2.12. The van der Waals surface area contributed by atoms with Crippen molar-refractivity contribution in [2.45, 2.75) is 6.92 Å². The number of hydrogen-bond acceptors (Lipinski definition) is 2. The first-order chi connectivity index (χ1) is 6.77. The molecule has 0 radical (unpaired) electrons. The maximum absolute atomic E-state index is 11.2. The number of ether oxygens (including phenoxy) is 1. The minimum atomic E-state index is -0.353.